The summed E-state index contributed by atoms with van der Waals surface area (Å²) < 4.78 is 0. The molecule has 4 heteroatoms. The lowest BCUT2D eigenvalue weighted by atomic mass is 10.4. The second-order valence-corrected chi connectivity index (χ2v) is 2.64. The Kier molecular flexibility index (Phi) is 3.47. The number of imide groups is 1. The van der Waals surface area contributed by atoms with Crippen LogP contribution >= 0.6 is 0 Å². The molecule has 0 atom stereocenters. The van der Waals surface area contributed by atoms with Gasteiger partial charge in [-0.05, 0) is 25.9 Å². The first-order valence-corrected chi connectivity index (χ1v) is 4.03. The Hall–Kier alpha value is -1.16. The normalized spacial score (nSPS) is 20.3. The number of rotatable bonds is 0. The Morgan fingerprint density at radius 3 is 1.67 bits per heavy atom. The van der Waals surface area contributed by atoms with E-state index in [4.69, 9.17) is 0 Å². The molecule has 2 heterocycles. The van der Waals surface area contributed by atoms with E-state index in [0.29, 0.717) is 0 Å². The zero-order chi connectivity index (χ0) is 8.81. The maximum atomic E-state index is 10.0. The predicted octanol–water partition coefficient (Wildman–Crippen LogP) is -0.431. The lowest BCUT2D eigenvalue weighted by Crippen LogP contribution is -2.19. The summed E-state index contributed by atoms with van der Waals surface area (Å²) in [5, 5.41) is 5.25. The van der Waals surface area contributed by atoms with Crippen LogP contribution < -0.4 is 10.6 Å². The van der Waals surface area contributed by atoms with Crippen LogP contribution in [0.4, 0.5) is 0 Å². The van der Waals surface area contributed by atoms with Crippen molar-refractivity contribution in [3.8, 4) is 0 Å². The fraction of sp³-hybridized carbons (Fsp3) is 0.500. The Morgan fingerprint density at radius 1 is 1.00 bits per heavy atom. The van der Waals surface area contributed by atoms with Crippen molar-refractivity contribution in [1.29, 1.82) is 0 Å². The van der Waals surface area contributed by atoms with Crippen LogP contribution in [0, 0.1) is 0 Å². The highest BCUT2D eigenvalue weighted by Crippen LogP contribution is 1.90. The fourth-order valence-electron chi connectivity index (χ4n) is 0.981. The molecule has 12 heavy (non-hydrogen) atoms. The summed E-state index contributed by atoms with van der Waals surface area (Å²) in [7, 11) is 0. The molecule has 2 N–H and O–H groups in total. The van der Waals surface area contributed by atoms with Crippen LogP contribution in [0.25, 0.3) is 0 Å². The summed E-state index contributed by atoms with van der Waals surface area (Å²) >= 11 is 0. The van der Waals surface area contributed by atoms with Crippen molar-refractivity contribution in [3.05, 3.63) is 12.2 Å². The average Bonchev–Trinajstić information content (AvgIpc) is 2.63. The van der Waals surface area contributed by atoms with Crippen LogP contribution in [0.15, 0.2) is 12.2 Å². The standard InChI is InChI=1S/C4H3NO2.C4H9N/c6-3-1-2-4(7)5-3;1-2-4-5-3-1/h1-2H,(H,5,6,7);5H,1-4H2. The van der Waals surface area contributed by atoms with Gasteiger partial charge >= 0.3 is 0 Å². The van der Waals surface area contributed by atoms with E-state index in [2.05, 4.69) is 5.32 Å². The van der Waals surface area contributed by atoms with Gasteiger partial charge in [-0.1, -0.05) is 0 Å². The number of carbonyl (C=O) groups is 2. The quantitative estimate of drug-likeness (QED) is 0.482. The molecule has 0 spiro atoms. The number of nitrogens with one attached hydrogen (secondary N) is 2. The van der Waals surface area contributed by atoms with Gasteiger partial charge in [-0.15, -0.1) is 0 Å². The van der Waals surface area contributed by atoms with Crippen LogP contribution in [0.2, 0.25) is 0 Å². The first kappa shape index (κ1) is 8.93. The minimum Gasteiger partial charge on any atom is -0.317 e. The molecule has 0 aromatic carbocycles. The van der Waals surface area contributed by atoms with Crippen molar-refractivity contribution >= 4 is 11.8 Å². The van der Waals surface area contributed by atoms with Crippen molar-refractivity contribution in [2.24, 2.45) is 0 Å². The van der Waals surface area contributed by atoms with E-state index in [9.17, 15) is 9.59 Å². The van der Waals surface area contributed by atoms with Crippen molar-refractivity contribution < 1.29 is 9.59 Å². The van der Waals surface area contributed by atoms with Gasteiger partial charge in [0.25, 0.3) is 11.8 Å². The highest BCUT2D eigenvalue weighted by atomic mass is 16.2. The molecule has 0 aromatic rings. The minimum absolute atomic E-state index is 0.329. The number of carbonyl (C=O) groups excluding carboxylic acids is 2. The van der Waals surface area contributed by atoms with Gasteiger partial charge in [0.1, 0.15) is 0 Å². The van der Waals surface area contributed by atoms with Crippen LogP contribution in [0.3, 0.4) is 0 Å². The van der Waals surface area contributed by atoms with E-state index < -0.39 is 0 Å². The summed E-state index contributed by atoms with van der Waals surface area (Å²) in [5.41, 5.74) is 0. The topological polar surface area (TPSA) is 58.2 Å². The lowest BCUT2D eigenvalue weighted by molar-refractivity contribution is -0.123. The van der Waals surface area contributed by atoms with Crippen molar-refractivity contribution in [2.45, 2.75) is 12.8 Å². The third-order valence-corrected chi connectivity index (χ3v) is 1.59. The molecule has 1 saturated heterocycles. The molecule has 66 valence electrons. The third-order valence-electron chi connectivity index (χ3n) is 1.59. The molecule has 1 fully saturated rings. The van der Waals surface area contributed by atoms with Gasteiger partial charge in [-0.3, -0.25) is 14.9 Å². The zero-order valence-electron chi connectivity index (χ0n) is 6.80. The maximum Gasteiger partial charge on any atom is 0.250 e. The van der Waals surface area contributed by atoms with E-state index in [0.717, 1.165) is 0 Å². The molecule has 2 aliphatic heterocycles. The van der Waals surface area contributed by atoms with Crippen molar-refractivity contribution in [3.63, 3.8) is 0 Å². The number of hydrogen-bond acceptors (Lipinski definition) is 3. The van der Waals surface area contributed by atoms with Crippen molar-refractivity contribution in [1.82, 2.24) is 10.6 Å². The number of amides is 2. The van der Waals surface area contributed by atoms with Gasteiger partial charge in [0, 0.05) is 12.2 Å². The molecule has 2 rings (SSSR count). The van der Waals surface area contributed by atoms with E-state index >= 15 is 0 Å². The molecule has 2 amide bonds. The maximum absolute atomic E-state index is 10.0. The average molecular weight is 168 g/mol. The summed E-state index contributed by atoms with van der Waals surface area (Å²) in [6.45, 7) is 2.50. The SMILES string of the molecule is C1CCNC1.O=C1C=CC(=O)N1. The zero-order valence-corrected chi connectivity index (χ0v) is 6.80. The van der Waals surface area contributed by atoms with Gasteiger partial charge in [0.2, 0.25) is 0 Å². The Labute approximate surface area is 71.0 Å². The number of hydrogen-bond donors (Lipinski definition) is 2. The smallest absolute Gasteiger partial charge is 0.250 e. The Morgan fingerprint density at radius 2 is 1.50 bits per heavy atom. The van der Waals surface area contributed by atoms with Gasteiger partial charge in [0.05, 0.1) is 0 Å². The van der Waals surface area contributed by atoms with E-state index in [1.54, 1.807) is 0 Å². The second-order valence-electron chi connectivity index (χ2n) is 2.64. The van der Waals surface area contributed by atoms with Gasteiger partial charge < -0.3 is 5.32 Å². The second kappa shape index (κ2) is 4.66. The van der Waals surface area contributed by atoms with E-state index in [-0.39, 0.29) is 11.8 Å². The first-order valence-electron chi connectivity index (χ1n) is 4.03. The molecular weight excluding hydrogens is 156 g/mol. The summed E-state index contributed by atoms with van der Waals surface area (Å²) in [6, 6.07) is 0. The van der Waals surface area contributed by atoms with Crippen LogP contribution in [0.1, 0.15) is 12.8 Å². The van der Waals surface area contributed by atoms with Crippen molar-refractivity contribution in [2.75, 3.05) is 13.1 Å². The molecule has 4 nitrogen and oxygen atoms in total. The molecule has 0 bridgehead atoms. The van der Waals surface area contributed by atoms with Crippen LogP contribution in [-0.4, -0.2) is 24.9 Å². The largest absolute Gasteiger partial charge is 0.317 e. The summed E-state index contributed by atoms with van der Waals surface area (Å²) in [6.07, 6.45) is 5.17. The predicted molar refractivity (Wildman–Crippen MR) is 44.4 cm³/mol. The molecule has 0 unspecified atom stereocenters. The van der Waals surface area contributed by atoms with Gasteiger partial charge in [0.15, 0.2) is 0 Å². The molecule has 0 saturated carbocycles. The first-order chi connectivity index (χ1) is 5.79. The van der Waals surface area contributed by atoms with E-state index in [1.165, 1.54) is 38.1 Å². The fourth-order valence-corrected chi connectivity index (χ4v) is 0.981. The Bertz CT molecular complexity index is 183. The molecule has 0 radical (unpaired) electrons. The summed E-state index contributed by atoms with van der Waals surface area (Å²) in [4.78, 5) is 20.1. The highest BCUT2D eigenvalue weighted by molar-refractivity contribution is 6.12. The minimum atomic E-state index is -0.329. The Balaban J connectivity index is 0.000000127. The third kappa shape index (κ3) is 3.30. The highest BCUT2D eigenvalue weighted by Gasteiger charge is 2.06. The van der Waals surface area contributed by atoms with Crippen LogP contribution in [0.5, 0.6) is 0 Å². The lowest BCUT2D eigenvalue weighted by Gasteiger charge is -1.80. The molecule has 0 aliphatic carbocycles. The van der Waals surface area contributed by atoms with E-state index in [1.807, 2.05) is 5.32 Å². The molecule has 0 aromatic heterocycles. The summed E-state index contributed by atoms with van der Waals surface area (Å²) in [5.74, 6) is -0.657. The van der Waals surface area contributed by atoms with Gasteiger partial charge in [-0.2, -0.15) is 0 Å². The van der Waals surface area contributed by atoms with Gasteiger partial charge in [-0.25, -0.2) is 0 Å². The van der Waals surface area contributed by atoms with Crippen LogP contribution in [-0.2, 0) is 9.59 Å². The molecule has 2 aliphatic rings. The monoisotopic (exact) mass is 168 g/mol. The molecular formula is C8H12N2O2.